The maximum atomic E-state index is 10.4. The second-order valence-corrected chi connectivity index (χ2v) is 4.75. The van der Waals surface area contributed by atoms with Gasteiger partial charge in [0, 0.05) is 12.5 Å². The summed E-state index contributed by atoms with van der Waals surface area (Å²) < 4.78 is 0. The van der Waals surface area contributed by atoms with Crippen molar-refractivity contribution < 1.29 is 15.0 Å². The van der Waals surface area contributed by atoms with Gasteiger partial charge in [0.2, 0.25) is 0 Å². The maximum Gasteiger partial charge on any atom is 0.303 e. The Bertz CT molecular complexity index is 220. The lowest BCUT2D eigenvalue weighted by atomic mass is 10.0. The lowest BCUT2D eigenvalue weighted by Gasteiger charge is -2.30. The van der Waals surface area contributed by atoms with Crippen LogP contribution in [0.4, 0.5) is 0 Å². The standard InChI is InChI=1S/C12H23NO3/c1-13(9-5-8-12(15)16)10-6-3-2-4-7-11(10)14/h10-11,14H,2-9H2,1H3,(H,15,16). The molecule has 1 aliphatic rings. The van der Waals surface area contributed by atoms with Crippen LogP contribution in [-0.2, 0) is 4.79 Å². The van der Waals surface area contributed by atoms with Crippen LogP contribution in [0.25, 0.3) is 0 Å². The first-order valence-corrected chi connectivity index (χ1v) is 6.21. The van der Waals surface area contributed by atoms with E-state index in [1.54, 1.807) is 0 Å². The maximum absolute atomic E-state index is 10.4. The number of carbonyl (C=O) groups is 1. The number of hydrogen-bond acceptors (Lipinski definition) is 3. The van der Waals surface area contributed by atoms with Crippen LogP contribution in [0.5, 0.6) is 0 Å². The molecule has 1 aliphatic carbocycles. The third-order valence-electron chi connectivity index (χ3n) is 3.41. The normalized spacial score (nSPS) is 26.7. The van der Waals surface area contributed by atoms with Crippen molar-refractivity contribution in [1.82, 2.24) is 4.90 Å². The second-order valence-electron chi connectivity index (χ2n) is 4.75. The predicted octanol–water partition coefficient (Wildman–Crippen LogP) is 1.48. The molecular formula is C12H23NO3. The van der Waals surface area contributed by atoms with Gasteiger partial charge in [-0.2, -0.15) is 0 Å². The number of carboxylic acids is 1. The van der Waals surface area contributed by atoms with Gasteiger partial charge < -0.3 is 15.1 Å². The van der Waals surface area contributed by atoms with Gasteiger partial charge >= 0.3 is 5.97 Å². The van der Waals surface area contributed by atoms with E-state index >= 15 is 0 Å². The minimum absolute atomic E-state index is 0.215. The van der Waals surface area contributed by atoms with Crippen LogP contribution in [0.3, 0.4) is 0 Å². The Morgan fingerprint density at radius 3 is 2.69 bits per heavy atom. The lowest BCUT2D eigenvalue weighted by Crippen LogP contribution is -2.41. The third kappa shape index (κ3) is 4.49. The van der Waals surface area contributed by atoms with Crippen molar-refractivity contribution in [2.24, 2.45) is 0 Å². The van der Waals surface area contributed by atoms with E-state index in [4.69, 9.17) is 5.11 Å². The van der Waals surface area contributed by atoms with Gasteiger partial charge in [-0.05, 0) is 32.9 Å². The van der Waals surface area contributed by atoms with Gasteiger partial charge in [-0.15, -0.1) is 0 Å². The molecule has 0 bridgehead atoms. The van der Waals surface area contributed by atoms with Crippen LogP contribution in [0.2, 0.25) is 0 Å². The number of aliphatic hydroxyl groups is 1. The summed E-state index contributed by atoms with van der Waals surface area (Å²) in [6, 6.07) is 0.219. The Morgan fingerprint density at radius 2 is 2.00 bits per heavy atom. The molecule has 0 aromatic carbocycles. The minimum Gasteiger partial charge on any atom is -0.481 e. The Hall–Kier alpha value is -0.610. The van der Waals surface area contributed by atoms with E-state index in [0.717, 1.165) is 25.8 Å². The Labute approximate surface area is 97.3 Å². The number of hydrogen-bond donors (Lipinski definition) is 2. The lowest BCUT2D eigenvalue weighted by molar-refractivity contribution is -0.137. The summed E-state index contributed by atoms with van der Waals surface area (Å²) in [6.07, 6.45) is 6.04. The van der Waals surface area contributed by atoms with Crippen molar-refractivity contribution >= 4 is 5.97 Å². The van der Waals surface area contributed by atoms with E-state index in [9.17, 15) is 9.90 Å². The largest absolute Gasteiger partial charge is 0.481 e. The molecule has 0 radical (unpaired) electrons. The van der Waals surface area contributed by atoms with Gasteiger partial charge in [0.15, 0.2) is 0 Å². The van der Waals surface area contributed by atoms with E-state index in [0.29, 0.717) is 6.42 Å². The van der Waals surface area contributed by atoms with Crippen molar-refractivity contribution in [2.75, 3.05) is 13.6 Å². The first-order chi connectivity index (χ1) is 7.61. The van der Waals surface area contributed by atoms with Crippen molar-refractivity contribution in [3.63, 3.8) is 0 Å². The zero-order valence-electron chi connectivity index (χ0n) is 10.1. The summed E-state index contributed by atoms with van der Waals surface area (Å²) in [5, 5.41) is 18.5. The molecule has 4 heteroatoms. The molecule has 1 saturated carbocycles. The van der Waals surface area contributed by atoms with Crippen molar-refractivity contribution in [3.05, 3.63) is 0 Å². The molecular weight excluding hydrogens is 206 g/mol. The predicted molar refractivity (Wildman–Crippen MR) is 62.4 cm³/mol. The minimum atomic E-state index is -0.741. The van der Waals surface area contributed by atoms with Crippen LogP contribution in [0.1, 0.15) is 44.9 Å². The molecule has 0 amide bonds. The van der Waals surface area contributed by atoms with E-state index in [1.807, 2.05) is 7.05 Å². The molecule has 4 nitrogen and oxygen atoms in total. The van der Waals surface area contributed by atoms with Gasteiger partial charge in [-0.1, -0.05) is 19.3 Å². The highest BCUT2D eigenvalue weighted by Gasteiger charge is 2.24. The van der Waals surface area contributed by atoms with E-state index in [2.05, 4.69) is 4.90 Å². The number of rotatable bonds is 5. The quantitative estimate of drug-likeness (QED) is 0.701. The number of carboxylic acid groups (broad SMARTS) is 1. The van der Waals surface area contributed by atoms with Crippen molar-refractivity contribution in [2.45, 2.75) is 57.1 Å². The molecule has 2 unspecified atom stereocenters. The second kappa shape index (κ2) is 6.86. The van der Waals surface area contributed by atoms with E-state index in [-0.39, 0.29) is 18.6 Å². The number of likely N-dealkylation sites (N-methyl/N-ethyl adjacent to an activating group) is 1. The van der Waals surface area contributed by atoms with Gasteiger partial charge in [-0.25, -0.2) is 0 Å². The van der Waals surface area contributed by atoms with Crippen LogP contribution >= 0.6 is 0 Å². The molecule has 0 aromatic heterocycles. The Morgan fingerprint density at radius 1 is 1.31 bits per heavy atom. The van der Waals surface area contributed by atoms with E-state index < -0.39 is 5.97 Å². The van der Waals surface area contributed by atoms with Gasteiger partial charge in [-0.3, -0.25) is 4.79 Å². The summed E-state index contributed by atoms with van der Waals surface area (Å²) in [6.45, 7) is 0.758. The summed E-state index contributed by atoms with van der Waals surface area (Å²) in [5.41, 5.74) is 0. The summed E-state index contributed by atoms with van der Waals surface area (Å²) in [5.74, 6) is -0.741. The highest BCUT2D eigenvalue weighted by molar-refractivity contribution is 5.66. The average Bonchev–Trinajstić information content (AvgIpc) is 2.42. The molecule has 1 rings (SSSR count). The van der Waals surface area contributed by atoms with Gasteiger partial charge in [0.05, 0.1) is 6.10 Å². The third-order valence-corrected chi connectivity index (χ3v) is 3.41. The Balaban J connectivity index is 2.32. The molecule has 1 fully saturated rings. The molecule has 0 saturated heterocycles. The molecule has 2 atom stereocenters. The van der Waals surface area contributed by atoms with Crippen LogP contribution < -0.4 is 0 Å². The van der Waals surface area contributed by atoms with E-state index in [1.165, 1.54) is 12.8 Å². The molecule has 0 heterocycles. The highest BCUT2D eigenvalue weighted by Crippen LogP contribution is 2.21. The summed E-state index contributed by atoms with van der Waals surface area (Å²) >= 11 is 0. The first kappa shape index (κ1) is 13.5. The van der Waals surface area contributed by atoms with Crippen LogP contribution in [0, 0.1) is 0 Å². The molecule has 94 valence electrons. The van der Waals surface area contributed by atoms with Gasteiger partial charge in [0.1, 0.15) is 0 Å². The fourth-order valence-electron chi connectivity index (χ4n) is 2.43. The molecule has 16 heavy (non-hydrogen) atoms. The van der Waals surface area contributed by atoms with Crippen molar-refractivity contribution in [3.8, 4) is 0 Å². The topological polar surface area (TPSA) is 60.8 Å². The van der Waals surface area contributed by atoms with Crippen LogP contribution in [0.15, 0.2) is 0 Å². The average molecular weight is 229 g/mol. The molecule has 0 aromatic rings. The van der Waals surface area contributed by atoms with Gasteiger partial charge in [0.25, 0.3) is 0 Å². The number of aliphatic carboxylic acids is 1. The molecule has 0 spiro atoms. The number of nitrogens with zero attached hydrogens (tertiary/aromatic N) is 1. The first-order valence-electron chi connectivity index (χ1n) is 6.21. The smallest absolute Gasteiger partial charge is 0.303 e. The van der Waals surface area contributed by atoms with Crippen LogP contribution in [-0.4, -0.2) is 46.8 Å². The summed E-state index contributed by atoms with van der Waals surface area (Å²) in [4.78, 5) is 12.5. The Kier molecular flexibility index (Phi) is 5.77. The zero-order valence-corrected chi connectivity index (χ0v) is 10.1. The highest BCUT2D eigenvalue weighted by atomic mass is 16.4. The SMILES string of the molecule is CN(CCCC(=O)O)C1CCCCCC1O. The summed E-state index contributed by atoms with van der Waals surface area (Å²) in [7, 11) is 1.99. The van der Waals surface area contributed by atoms with Crippen molar-refractivity contribution in [1.29, 1.82) is 0 Å². The fourth-order valence-corrected chi connectivity index (χ4v) is 2.43. The fraction of sp³-hybridized carbons (Fsp3) is 0.917. The molecule has 2 N–H and O–H groups in total. The number of aliphatic hydroxyl groups excluding tert-OH is 1. The monoisotopic (exact) mass is 229 g/mol. The zero-order chi connectivity index (χ0) is 12.0. The molecule has 0 aliphatic heterocycles.